The van der Waals surface area contributed by atoms with Gasteiger partial charge in [-0.3, -0.25) is 9.59 Å². The van der Waals surface area contributed by atoms with Crippen LogP contribution >= 0.6 is 0 Å². The van der Waals surface area contributed by atoms with Gasteiger partial charge in [-0.05, 0) is 12.1 Å². The molecule has 0 spiro atoms. The third kappa shape index (κ3) is 3.30. The SMILES string of the molecule is CN(CC(=O)N1CCC(=O)CC1)c1ccccc1F. The maximum atomic E-state index is 13.6. The molecule has 0 bridgehead atoms. The Morgan fingerprint density at radius 3 is 2.58 bits per heavy atom. The number of hydrogen-bond acceptors (Lipinski definition) is 3. The van der Waals surface area contributed by atoms with Crippen molar-refractivity contribution >= 4 is 17.4 Å². The van der Waals surface area contributed by atoms with E-state index in [1.165, 1.54) is 6.07 Å². The van der Waals surface area contributed by atoms with Gasteiger partial charge in [-0.1, -0.05) is 12.1 Å². The van der Waals surface area contributed by atoms with Crippen LogP contribution in [0.4, 0.5) is 10.1 Å². The fourth-order valence-electron chi connectivity index (χ4n) is 2.15. The minimum Gasteiger partial charge on any atom is -0.363 e. The second-order valence-corrected chi connectivity index (χ2v) is 4.73. The predicted octanol–water partition coefficient (Wildman–Crippen LogP) is 1.45. The molecule has 4 nitrogen and oxygen atoms in total. The quantitative estimate of drug-likeness (QED) is 0.829. The first-order valence-corrected chi connectivity index (χ1v) is 6.33. The second kappa shape index (κ2) is 5.82. The van der Waals surface area contributed by atoms with Gasteiger partial charge in [0.2, 0.25) is 5.91 Å². The maximum Gasteiger partial charge on any atom is 0.242 e. The van der Waals surface area contributed by atoms with Gasteiger partial charge < -0.3 is 9.80 Å². The number of Topliss-reactive ketones (excluding diaryl/α,β-unsaturated/α-hetero) is 1. The summed E-state index contributed by atoms with van der Waals surface area (Å²) < 4.78 is 13.6. The molecule has 1 aromatic carbocycles. The Labute approximate surface area is 111 Å². The first-order valence-electron chi connectivity index (χ1n) is 6.33. The third-order valence-corrected chi connectivity index (χ3v) is 3.31. The molecule has 102 valence electrons. The molecule has 1 saturated heterocycles. The molecule has 0 unspecified atom stereocenters. The number of hydrogen-bond donors (Lipinski definition) is 0. The summed E-state index contributed by atoms with van der Waals surface area (Å²) in [5, 5.41) is 0. The van der Waals surface area contributed by atoms with E-state index in [0.717, 1.165) is 0 Å². The Hall–Kier alpha value is -1.91. The second-order valence-electron chi connectivity index (χ2n) is 4.73. The van der Waals surface area contributed by atoms with Crippen molar-refractivity contribution in [3.8, 4) is 0 Å². The van der Waals surface area contributed by atoms with Crippen LogP contribution in [0.2, 0.25) is 0 Å². The average molecular weight is 264 g/mol. The fourth-order valence-corrected chi connectivity index (χ4v) is 2.15. The van der Waals surface area contributed by atoms with E-state index in [2.05, 4.69) is 0 Å². The lowest BCUT2D eigenvalue weighted by Crippen LogP contribution is -2.43. The van der Waals surface area contributed by atoms with Gasteiger partial charge in [-0.2, -0.15) is 0 Å². The molecular weight excluding hydrogens is 247 g/mol. The Bertz CT molecular complexity index is 480. The zero-order valence-corrected chi connectivity index (χ0v) is 10.9. The lowest BCUT2D eigenvalue weighted by molar-refractivity contribution is -0.133. The third-order valence-electron chi connectivity index (χ3n) is 3.31. The number of carbonyl (C=O) groups excluding carboxylic acids is 2. The molecule has 0 radical (unpaired) electrons. The number of likely N-dealkylation sites (tertiary alicyclic amines) is 1. The van der Waals surface area contributed by atoms with Gasteiger partial charge in [0.1, 0.15) is 11.6 Å². The minimum absolute atomic E-state index is 0.0711. The van der Waals surface area contributed by atoms with Crippen LogP contribution in [-0.2, 0) is 9.59 Å². The van der Waals surface area contributed by atoms with Crippen molar-refractivity contribution in [2.45, 2.75) is 12.8 Å². The van der Waals surface area contributed by atoms with E-state index in [-0.39, 0.29) is 24.1 Å². The minimum atomic E-state index is -0.341. The van der Waals surface area contributed by atoms with E-state index in [4.69, 9.17) is 0 Å². The normalized spacial score (nSPS) is 15.5. The summed E-state index contributed by atoms with van der Waals surface area (Å²) in [6.45, 7) is 1.07. The van der Waals surface area contributed by atoms with Gasteiger partial charge in [0, 0.05) is 33.0 Å². The Balaban J connectivity index is 1.95. The number of likely N-dealkylation sites (N-methyl/N-ethyl adjacent to an activating group) is 1. The van der Waals surface area contributed by atoms with E-state index in [1.807, 2.05) is 0 Å². The van der Waals surface area contributed by atoms with Crippen LogP contribution in [-0.4, -0.2) is 43.3 Å². The lowest BCUT2D eigenvalue weighted by Gasteiger charge is -2.28. The van der Waals surface area contributed by atoms with E-state index < -0.39 is 0 Å². The first-order chi connectivity index (χ1) is 9.08. The predicted molar refractivity (Wildman–Crippen MR) is 70.5 cm³/mol. The smallest absolute Gasteiger partial charge is 0.242 e. The van der Waals surface area contributed by atoms with Crippen molar-refractivity contribution < 1.29 is 14.0 Å². The molecule has 0 N–H and O–H groups in total. The molecule has 1 aliphatic rings. The molecule has 1 aliphatic heterocycles. The van der Waals surface area contributed by atoms with E-state index in [0.29, 0.717) is 31.6 Å². The first kappa shape index (κ1) is 13.5. The molecule has 5 heteroatoms. The van der Waals surface area contributed by atoms with Crippen LogP contribution in [0.15, 0.2) is 24.3 Å². The topological polar surface area (TPSA) is 40.6 Å². The zero-order chi connectivity index (χ0) is 13.8. The largest absolute Gasteiger partial charge is 0.363 e. The molecule has 1 fully saturated rings. The molecule has 1 aromatic rings. The molecule has 0 atom stereocenters. The highest BCUT2D eigenvalue weighted by molar-refractivity contribution is 5.85. The number of para-hydroxylation sites is 1. The van der Waals surface area contributed by atoms with Gasteiger partial charge in [-0.25, -0.2) is 4.39 Å². The Morgan fingerprint density at radius 1 is 1.32 bits per heavy atom. The van der Waals surface area contributed by atoms with E-state index >= 15 is 0 Å². The van der Waals surface area contributed by atoms with Gasteiger partial charge in [0.15, 0.2) is 0 Å². The van der Waals surface area contributed by atoms with Gasteiger partial charge in [0.25, 0.3) is 0 Å². The summed E-state index contributed by atoms with van der Waals surface area (Å²) >= 11 is 0. The molecule has 1 amide bonds. The average Bonchev–Trinajstić information content (AvgIpc) is 2.39. The maximum absolute atomic E-state index is 13.6. The number of nitrogens with zero attached hydrogens (tertiary/aromatic N) is 2. The summed E-state index contributed by atoms with van der Waals surface area (Å²) in [6.07, 6.45) is 0.851. The number of ketones is 1. The fraction of sp³-hybridized carbons (Fsp3) is 0.429. The Morgan fingerprint density at radius 2 is 1.95 bits per heavy atom. The molecule has 19 heavy (non-hydrogen) atoms. The van der Waals surface area contributed by atoms with Gasteiger partial charge in [0.05, 0.1) is 12.2 Å². The van der Waals surface area contributed by atoms with Crippen molar-refractivity contribution in [3.63, 3.8) is 0 Å². The lowest BCUT2D eigenvalue weighted by atomic mass is 10.1. The van der Waals surface area contributed by atoms with Crippen molar-refractivity contribution in [1.82, 2.24) is 4.90 Å². The molecule has 2 rings (SSSR count). The monoisotopic (exact) mass is 264 g/mol. The van der Waals surface area contributed by atoms with E-state index in [9.17, 15) is 14.0 Å². The van der Waals surface area contributed by atoms with Crippen LogP contribution in [0.3, 0.4) is 0 Å². The number of benzene rings is 1. The number of rotatable bonds is 3. The number of halogens is 1. The molecule has 1 heterocycles. The van der Waals surface area contributed by atoms with Crippen molar-refractivity contribution in [2.75, 3.05) is 31.6 Å². The summed E-state index contributed by atoms with van der Waals surface area (Å²) in [6, 6.07) is 6.36. The van der Waals surface area contributed by atoms with Crippen molar-refractivity contribution in [3.05, 3.63) is 30.1 Å². The molecule has 0 aliphatic carbocycles. The summed E-state index contributed by atoms with van der Waals surface area (Å²) in [5.74, 6) is -0.212. The van der Waals surface area contributed by atoms with E-state index in [1.54, 1.807) is 35.0 Å². The summed E-state index contributed by atoms with van der Waals surface area (Å²) in [7, 11) is 1.69. The molecule has 0 aromatic heterocycles. The zero-order valence-electron chi connectivity index (χ0n) is 10.9. The number of anilines is 1. The van der Waals surface area contributed by atoms with Crippen molar-refractivity contribution in [2.24, 2.45) is 0 Å². The van der Waals surface area contributed by atoms with Crippen molar-refractivity contribution in [1.29, 1.82) is 0 Å². The number of amides is 1. The molecular formula is C14H17FN2O2. The van der Waals surface area contributed by atoms with Crippen LogP contribution in [0.5, 0.6) is 0 Å². The number of carbonyl (C=O) groups is 2. The number of piperidine rings is 1. The highest BCUT2D eigenvalue weighted by Crippen LogP contribution is 2.17. The van der Waals surface area contributed by atoms with Crippen LogP contribution in [0, 0.1) is 5.82 Å². The molecule has 0 saturated carbocycles. The highest BCUT2D eigenvalue weighted by atomic mass is 19.1. The summed E-state index contributed by atoms with van der Waals surface area (Å²) in [5.41, 5.74) is 0.406. The highest BCUT2D eigenvalue weighted by Gasteiger charge is 2.22. The van der Waals surface area contributed by atoms with Gasteiger partial charge >= 0.3 is 0 Å². The standard InChI is InChI=1S/C14H17FN2O2/c1-16(13-5-3-2-4-12(13)15)10-14(19)17-8-6-11(18)7-9-17/h2-5H,6-10H2,1H3. The summed E-state index contributed by atoms with van der Waals surface area (Å²) in [4.78, 5) is 26.4. The van der Waals surface area contributed by atoms with Crippen LogP contribution in [0.1, 0.15) is 12.8 Å². The van der Waals surface area contributed by atoms with Crippen LogP contribution in [0.25, 0.3) is 0 Å². The Kier molecular flexibility index (Phi) is 4.14. The van der Waals surface area contributed by atoms with Gasteiger partial charge in [-0.15, -0.1) is 0 Å². The van der Waals surface area contributed by atoms with Crippen LogP contribution < -0.4 is 4.90 Å².